The van der Waals surface area contributed by atoms with Gasteiger partial charge in [-0.2, -0.15) is 0 Å². The highest BCUT2D eigenvalue weighted by Crippen LogP contribution is 2.43. The van der Waals surface area contributed by atoms with E-state index < -0.39 is 45.1 Å². The van der Waals surface area contributed by atoms with Crippen molar-refractivity contribution in [1.29, 1.82) is 0 Å². The van der Waals surface area contributed by atoms with Crippen LogP contribution in [0.3, 0.4) is 0 Å². The van der Waals surface area contributed by atoms with Crippen molar-refractivity contribution in [3.63, 3.8) is 0 Å². The number of carbonyl (C=O) groups is 2. The molecule has 3 unspecified atom stereocenters. The van der Waals surface area contributed by atoms with Crippen LogP contribution >= 0.6 is 7.82 Å². The first-order chi connectivity index (χ1) is 22.7. The Bertz CT molecular complexity index is 811. The van der Waals surface area contributed by atoms with E-state index in [2.05, 4.69) is 30.5 Å². The Morgan fingerprint density at radius 1 is 0.660 bits per heavy atom. The van der Waals surface area contributed by atoms with Crippen LogP contribution in [0, 0.1) is 0 Å². The summed E-state index contributed by atoms with van der Waals surface area (Å²) in [5.74, 6) is -1.78. The second-order valence-corrected chi connectivity index (χ2v) is 14.2. The number of hydrogen-bond donors (Lipinski definition) is 3. The second-order valence-electron chi connectivity index (χ2n) is 12.7. The van der Waals surface area contributed by atoms with Crippen LogP contribution in [0.4, 0.5) is 0 Å². The average Bonchev–Trinajstić information content (AvgIpc) is 3.04. The number of carboxylic acids is 1. The average molecular weight is 692 g/mol. The van der Waals surface area contributed by atoms with E-state index in [4.69, 9.17) is 24.8 Å². The molecule has 0 aliphatic carbocycles. The summed E-state index contributed by atoms with van der Waals surface area (Å²) in [4.78, 5) is 33.3. The molecule has 278 valence electrons. The van der Waals surface area contributed by atoms with Crippen LogP contribution in [-0.4, -0.2) is 60.5 Å². The molecule has 0 rings (SSSR count). The maximum atomic E-state index is 12.5. The van der Waals surface area contributed by atoms with E-state index in [0.29, 0.717) is 13.0 Å². The van der Waals surface area contributed by atoms with E-state index in [1.165, 1.54) is 96.3 Å². The monoisotopic (exact) mass is 691 g/mol. The largest absolute Gasteiger partial charge is 0.480 e. The summed E-state index contributed by atoms with van der Waals surface area (Å²) >= 11 is 0. The maximum Gasteiger partial charge on any atom is 0.472 e. The van der Waals surface area contributed by atoms with E-state index in [-0.39, 0.29) is 13.0 Å². The maximum absolute atomic E-state index is 12.5. The Morgan fingerprint density at radius 3 is 1.62 bits per heavy atom. The smallest absolute Gasteiger partial charge is 0.472 e. The van der Waals surface area contributed by atoms with E-state index in [0.717, 1.165) is 44.9 Å². The van der Waals surface area contributed by atoms with Gasteiger partial charge in [0.2, 0.25) is 0 Å². The Labute approximate surface area is 286 Å². The minimum Gasteiger partial charge on any atom is -0.480 e. The van der Waals surface area contributed by atoms with E-state index in [1.54, 1.807) is 0 Å². The standard InChI is InChI=1S/C36H70NO9P/c1-3-5-7-9-11-13-14-15-16-17-18-19-20-21-22-24-26-28-35(38)46-33(30-43-29-27-25-23-12-10-8-6-4-2)31-44-47(41,42)45-32-34(37)36(39)40/h15-16,33-34H,3-14,17-32,37H2,1-2H3,(H,39,40)(H,41,42)/b16-15-. The predicted octanol–water partition coefficient (Wildman–Crippen LogP) is 9.42. The van der Waals surface area contributed by atoms with Crippen LogP contribution in [-0.2, 0) is 32.7 Å². The molecule has 3 atom stereocenters. The van der Waals surface area contributed by atoms with Crippen molar-refractivity contribution in [3.05, 3.63) is 12.2 Å². The first-order valence-corrected chi connectivity index (χ1v) is 20.2. The lowest BCUT2D eigenvalue weighted by Crippen LogP contribution is -2.34. The van der Waals surface area contributed by atoms with Crippen molar-refractivity contribution >= 4 is 19.8 Å². The molecule has 4 N–H and O–H groups in total. The van der Waals surface area contributed by atoms with Crippen molar-refractivity contribution in [2.45, 2.75) is 180 Å². The lowest BCUT2D eigenvalue weighted by molar-refractivity contribution is -0.154. The summed E-state index contributed by atoms with van der Waals surface area (Å²) in [5, 5.41) is 8.84. The number of carboxylic acid groups (broad SMARTS) is 1. The van der Waals surface area contributed by atoms with Gasteiger partial charge in [-0.1, -0.05) is 135 Å². The fraction of sp³-hybridized carbons (Fsp3) is 0.889. The molecule has 0 aromatic heterocycles. The molecule has 0 bridgehead atoms. The third-order valence-electron chi connectivity index (χ3n) is 8.04. The van der Waals surface area contributed by atoms with Crippen LogP contribution in [0.2, 0.25) is 0 Å². The number of rotatable bonds is 36. The molecule has 0 fully saturated rings. The fourth-order valence-corrected chi connectivity index (χ4v) is 5.85. The normalized spacial score (nSPS) is 14.3. The number of hydrogen-bond acceptors (Lipinski definition) is 8. The molecular weight excluding hydrogens is 621 g/mol. The van der Waals surface area contributed by atoms with Gasteiger partial charge in [0.15, 0.2) is 0 Å². The highest BCUT2D eigenvalue weighted by Gasteiger charge is 2.27. The SMILES string of the molecule is CCCCCCCC/C=C\CCCCCCCCCC(=O)OC(COCCCCCCCCCC)COP(=O)(O)OCC(N)C(=O)O. The molecule has 0 aliphatic rings. The van der Waals surface area contributed by atoms with Gasteiger partial charge in [-0.25, -0.2) is 4.57 Å². The van der Waals surface area contributed by atoms with Crippen LogP contribution in [0.15, 0.2) is 12.2 Å². The molecule has 0 saturated carbocycles. The fourth-order valence-electron chi connectivity index (χ4n) is 5.07. The minimum atomic E-state index is -4.60. The first kappa shape index (κ1) is 45.7. The first-order valence-electron chi connectivity index (χ1n) is 18.7. The van der Waals surface area contributed by atoms with Crippen molar-refractivity contribution < 1.29 is 42.7 Å². The van der Waals surface area contributed by atoms with Crippen LogP contribution in [0.5, 0.6) is 0 Å². The van der Waals surface area contributed by atoms with Gasteiger partial charge in [0.05, 0.1) is 19.8 Å². The van der Waals surface area contributed by atoms with E-state index in [9.17, 15) is 19.0 Å². The summed E-state index contributed by atoms with van der Waals surface area (Å²) in [5.41, 5.74) is 5.32. The highest BCUT2D eigenvalue weighted by atomic mass is 31.2. The number of esters is 1. The Morgan fingerprint density at radius 2 is 1.11 bits per heavy atom. The molecule has 0 heterocycles. The number of nitrogens with two attached hydrogens (primary N) is 1. The molecule has 0 aliphatic heterocycles. The van der Waals surface area contributed by atoms with Crippen molar-refractivity contribution in [3.8, 4) is 0 Å². The van der Waals surface area contributed by atoms with Gasteiger partial charge in [-0.3, -0.25) is 18.6 Å². The number of phosphoric ester groups is 1. The third kappa shape index (κ3) is 33.0. The van der Waals surface area contributed by atoms with Gasteiger partial charge in [0.1, 0.15) is 12.1 Å². The molecule has 0 aromatic carbocycles. The molecule has 0 aromatic rings. The molecule has 0 spiro atoms. The molecule has 0 saturated heterocycles. The number of phosphoric acid groups is 1. The minimum absolute atomic E-state index is 0.0190. The van der Waals surface area contributed by atoms with Crippen molar-refractivity contribution in [2.75, 3.05) is 26.4 Å². The molecule has 11 heteroatoms. The van der Waals surface area contributed by atoms with Crippen LogP contribution < -0.4 is 5.73 Å². The van der Waals surface area contributed by atoms with Crippen LogP contribution in [0.25, 0.3) is 0 Å². The molecule has 47 heavy (non-hydrogen) atoms. The Kier molecular flexibility index (Phi) is 32.3. The van der Waals surface area contributed by atoms with Gasteiger partial charge in [0, 0.05) is 13.0 Å². The third-order valence-corrected chi connectivity index (χ3v) is 9.00. The Balaban J connectivity index is 4.23. The Hall–Kier alpha value is -1.29. The van der Waals surface area contributed by atoms with Crippen molar-refractivity contribution in [2.24, 2.45) is 5.73 Å². The van der Waals surface area contributed by atoms with Gasteiger partial charge in [-0.15, -0.1) is 0 Å². The molecular formula is C36H70NO9P. The topological polar surface area (TPSA) is 155 Å². The van der Waals surface area contributed by atoms with Gasteiger partial charge >= 0.3 is 19.8 Å². The second kappa shape index (κ2) is 33.2. The van der Waals surface area contributed by atoms with E-state index in [1.807, 2.05) is 0 Å². The van der Waals surface area contributed by atoms with Crippen molar-refractivity contribution in [1.82, 2.24) is 0 Å². The summed E-state index contributed by atoms with van der Waals surface area (Å²) in [6, 6.07) is -1.47. The molecule has 10 nitrogen and oxygen atoms in total. The zero-order chi connectivity index (χ0) is 34.9. The number of aliphatic carboxylic acids is 1. The number of carbonyl (C=O) groups excluding carboxylic acids is 1. The number of unbranched alkanes of at least 4 members (excludes halogenated alkanes) is 20. The lowest BCUT2D eigenvalue weighted by atomic mass is 10.1. The highest BCUT2D eigenvalue weighted by molar-refractivity contribution is 7.47. The van der Waals surface area contributed by atoms with Gasteiger partial charge < -0.3 is 25.2 Å². The summed E-state index contributed by atoms with van der Waals surface area (Å²) in [6.07, 6.45) is 31.3. The molecule has 0 amide bonds. The number of allylic oxidation sites excluding steroid dienone is 2. The number of ether oxygens (including phenoxy) is 2. The quantitative estimate of drug-likeness (QED) is 0.0250. The van der Waals surface area contributed by atoms with Gasteiger partial charge in [0.25, 0.3) is 0 Å². The van der Waals surface area contributed by atoms with Crippen LogP contribution in [0.1, 0.15) is 168 Å². The summed E-state index contributed by atoms with van der Waals surface area (Å²) in [7, 11) is -4.60. The molecule has 0 radical (unpaired) electrons. The summed E-state index contributed by atoms with van der Waals surface area (Å²) < 4.78 is 33.1. The lowest BCUT2D eigenvalue weighted by Gasteiger charge is -2.20. The zero-order valence-corrected chi connectivity index (χ0v) is 30.8. The summed E-state index contributed by atoms with van der Waals surface area (Å²) in [6.45, 7) is 3.84. The predicted molar refractivity (Wildman–Crippen MR) is 189 cm³/mol. The zero-order valence-electron chi connectivity index (χ0n) is 29.9. The van der Waals surface area contributed by atoms with Gasteiger partial charge in [-0.05, 0) is 38.5 Å². The van der Waals surface area contributed by atoms with E-state index >= 15 is 0 Å².